The van der Waals surface area contributed by atoms with Gasteiger partial charge < -0.3 is 24.7 Å². The highest BCUT2D eigenvalue weighted by atomic mass is 35.5. The maximum Gasteiger partial charge on any atom is 0.267 e. The largest absolute Gasteiger partial charge is 0.497 e. The smallest absolute Gasteiger partial charge is 0.267 e. The summed E-state index contributed by atoms with van der Waals surface area (Å²) in [4.78, 5) is 19.7. The van der Waals surface area contributed by atoms with E-state index in [1.165, 1.54) is 0 Å². The zero-order chi connectivity index (χ0) is 22.2. The maximum atomic E-state index is 12.0. The van der Waals surface area contributed by atoms with Crippen LogP contribution in [0.25, 0.3) is 0 Å². The molecule has 4 rings (SSSR count). The molecule has 0 aliphatic carbocycles. The molecule has 2 N–H and O–H groups in total. The summed E-state index contributed by atoms with van der Waals surface area (Å²) in [7, 11) is 1.67. The molecule has 1 amide bonds. The first kappa shape index (κ1) is 27.4. The van der Waals surface area contributed by atoms with E-state index >= 15 is 0 Å². The number of hydrogen-bond donors (Lipinski definition) is 2. The Morgan fingerprint density at radius 1 is 1.00 bits per heavy atom. The molecule has 0 bridgehead atoms. The van der Waals surface area contributed by atoms with Crippen LogP contribution in [0.2, 0.25) is 0 Å². The Morgan fingerprint density at radius 2 is 1.79 bits per heavy atom. The summed E-state index contributed by atoms with van der Waals surface area (Å²) in [6, 6.07) is 19.8. The summed E-state index contributed by atoms with van der Waals surface area (Å²) in [5.74, 6) is 1.66. The standard InChI is InChI=1S/C25H30N4O3.2ClH/c1-31-21-7-4-6-20(18-21)19-32-24-10-3-2-9-23(24)29-16-14-28(15-17-29)13-12-27-25(30)22-8-5-11-26-22;;/h2-11,18,26H,12-17,19H2,1H3,(H,27,30);2*1H. The number of aromatic amines is 1. The molecular weight excluding hydrogens is 475 g/mol. The number of nitrogens with one attached hydrogen (secondary N) is 2. The van der Waals surface area contributed by atoms with Gasteiger partial charge in [0, 0.05) is 45.5 Å². The molecule has 2 aromatic carbocycles. The van der Waals surface area contributed by atoms with Gasteiger partial charge in [-0.25, -0.2) is 0 Å². The molecule has 9 heteroatoms. The third-order valence-electron chi connectivity index (χ3n) is 5.66. The predicted molar refractivity (Wildman–Crippen MR) is 140 cm³/mol. The van der Waals surface area contributed by atoms with E-state index in [0.717, 1.165) is 55.5 Å². The summed E-state index contributed by atoms with van der Waals surface area (Å²) in [5.41, 5.74) is 2.79. The monoisotopic (exact) mass is 506 g/mol. The Labute approximate surface area is 213 Å². The molecule has 34 heavy (non-hydrogen) atoms. The number of methoxy groups -OCH3 is 1. The third kappa shape index (κ3) is 7.32. The van der Waals surface area contributed by atoms with Gasteiger partial charge in [0.2, 0.25) is 0 Å². The highest BCUT2D eigenvalue weighted by molar-refractivity contribution is 5.92. The van der Waals surface area contributed by atoms with Gasteiger partial charge in [0.05, 0.1) is 12.8 Å². The number of para-hydroxylation sites is 2. The number of piperazine rings is 1. The Balaban J connectivity index is 0.00000204. The number of carbonyl (C=O) groups is 1. The fraction of sp³-hybridized carbons (Fsp3) is 0.320. The lowest BCUT2D eigenvalue weighted by Crippen LogP contribution is -2.48. The molecule has 0 unspecified atom stereocenters. The van der Waals surface area contributed by atoms with E-state index in [0.29, 0.717) is 18.8 Å². The van der Waals surface area contributed by atoms with Crippen LogP contribution in [0, 0.1) is 0 Å². The van der Waals surface area contributed by atoms with Crippen molar-refractivity contribution in [3.63, 3.8) is 0 Å². The number of hydrogen-bond acceptors (Lipinski definition) is 5. The normalized spacial score (nSPS) is 13.4. The molecular formula is C25H32Cl2N4O3. The minimum atomic E-state index is -0.0595. The van der Waals surface area contributed by atoms with Crippen LogP contribution < -0.4 is 19.7 Å². The lowest BCUT2D eigenvalue weighted by atomic mass is 10.2. The Bertz CT molecular complexity index is 1010. The molecule has 0 saturated carbocycles. The van der Waals surface area contributed by atoms with Gasteiger partial charge >= 0.3 is 0 Å². The maximum absolute atomic E-state index is 12.0. The number of nitrogens with zero attached hydrogens (tertiary/aromatic N) is 2. The number of halogens is 2. The van der Waals surface area contributed by atoms with Gasteiger partial charge in [0.1, 0.15) is 23.8 Å². The number of carbonyl (C=O) groups excluding carboxylic acids is 1. The van der Waals surface area contributed by atoms with Crippen molar-refractivity contribution in [2.45, 2.75) is 6.61 Å². The van der Waals surface area contributed by atoms with Gasteiger partial charge in [0.25, 0.3) is 5.91 Å². The first-order valence-electron chi connectivity index (χ1n) is 11.0. The highest BCUT2D eigenvalue weighted by Gasteiger charge is 2.19. The van der Waals surface area contributed by atoms with Crippen LogP contribution in [0.15, 0.2) is 66.9 Å². The van der Waals surface area contributed by atoms with Crippen molar-refractivity contribution < 1.29 is 14.3 Å². The Morgan fingerprint density at radius 3 is 2.53 bits per heavy atom. The second kappa shape index (κ2) is 13.7. The molecule has 7 nitrogen and oxygen atoms in total. The zero-order valence-electron chi connectivity index (χ0n) is 19.2. The van der Waals surface area contributed by atoms with Gasteiger partial charge in [0.15, 0.2) is 0 Å². The van der Waals surface area contributed by atoms with E-state index in [2.05, 4.69) is 32.2 Å². The molecule has 1 aliphatic rings. The molecule has 1 aromatic heterocycles. The molecule has 0 spiro atoms. The molecule has 0 radical (unpaired) electrons. The van der Waals surface area contributed by atoms with E-state index in [1.807, 2.05) is 42.5 Å². The topological polar surface area (TPSA) is 69.8 Å². The van der Waals surface area contributed by atoms with Crippen molar-refractivity contribution in [3.05, 3.63) is 78.1 Å². The van der Waals surface area contributed by atoms with Crippen molar-refractivity contribution in [2.24, 2.45) is 0 Å². The fourth-order valence-corrected chi connectivity index (χ4v) is 3.87. The summed E-state index contributed by atoms with van der Waals surface area (Å²) in [5, 5.41) is 2.97. The number of aromatic nitrogens is 1. The van der Waals surface area contributed by atoms with Crippen LogP contribution in [-0.2, 0) is 6.61 Å². The van der Waals surface area contributed by atoms with E-state index in [1.54, 1.807) is 19.4 Å². The van der Waals surface area contributed by atoms with Crippen LogP contribution in [0.3, 0.4) is 0 Å². The molecule has 2 heterocycles. The van der Waals surface area contributed by atoms with E-state index in [9.17, 15) is 4.79 Å². The van der Waals surface area contributed by atoms with E-state index in [-0.39, 0.29) is 30.7 Å². The van der Waals surface area contributed by atoms with Crippen LogP contribution in [-0.4, -0.2) is 62.2 Å². The average molecular weight is 507 g/mol. The molecule has 1 fully saturated rings. The van der Waals surface area contributed by atoms with Crippen LogP contribution in [0.4, 0.5) is 5.69 Å². The minimum Gasteiger partial charge on any atom is -0.497 e. The van der Waals surface area contributed by atoms with Gasteiger partial charge in [-0.05, 0) is 42.0 Å². The van der Waals surface area contributed by atoms with Crippen LogP contribution in [0.5, 0.6) is 11.5 Å². The van der Waals surface area contributed by atoms with E-state index < -0.39 is 0 Å². The average Bonchev–Trinajstić information content (AvgIpc) is 3.39. The van der Waals surface area contributed by atoms with Gasteiger partial charge in [-0.2, -0.15) is 0 Å². The predicted octanol–water partition coefficient (Wildman–Crippen LogP) is 4.00. The van der Waals surface area contributed by atoms with E-state index in [4.69, 9.17) is 9.47 Å². The number of anilines is 1. The van der Waals surface area contributed by atoms with Gasteiger partial charge in [-0.3, -0.25) is 9.69 Å². The SMILES string of the molecule is COc1cccc(COc2ccccc2N2CCN(CCNC(=O)c3ccc[nH]3)CC2)c1.Cl.Cl. The number of ether oxygens (including phenoxy) is 2. The highest BCUT2D eigenvalue weighted by Crippen LogP contribution is 2.29. The van der Waals surface area contributed by atoms with Crippen LogP contribution in [0.1, 0.15) is 16.1 Å². The fourth-order valence-electron chi connectivity index (χ4n) is 3.87. The lowest BCUT2D eigenvalue weighted by Gasteiger charge is -2.36. The summed E-state index contributed by atoms with van der Waals surface area (Å²) in [6.45, 7) is 5.71. The molecule has 1 saturated heterocycles. The molecule has 1 aliphatic heterocycles. The van der Waals surface area contributed by atoms with Crippen molar-refractivity contribution in [1.82, 2.24) is 15.2 Å². The minimum absolute atomic E-state index is 0. The van der Waals surface area contributed by atoms with Crippen molar-refractivity contribution in [2.75, 3.05) is 51.3 Å². The van der Waals surface area contributed by atoms with Crippen LogP contribution >= 0.6 is 24.8 Å². The third-order valence-corrected chi connectivity index (χ3v) is 5.66. The molecule has 0 atom stereocenters. The quantitative estimate of drug-likeness (QED) is 0.459. The van der Waals surface area contributed by atoms with Crippen molar-refractivity contribution in [3.8, 4) is 11.5 Å². The first-order valence-corrected chi connectivity index (χ1v) is 11.0. The molecule has 3 aromatic rings. The number of rotatable bonds is 9. The Kier molecular flexibility index (Phi) is 11.1. The summed E-state index contributed by atoms with van der Waals surface area (Å²) >= 11 is 0. The second-order valence-corrected chi connectivity index (χ2v) is 7.78. The van der Waals surface area contributed by atoms with Crippen molar-refractivity contribution >= 4 is 36.4 Å². The summed E-state index contributed by atoms with van der Waals surface area (Å²) < 4.78 is 11.5. The van der Waals surface area contributed by atoms with Crippen molar-refractivity contribution in [1.29, 1.82) is 0 Å². The number of amides is 1. The lowest BCUT2D eigenvalue weighted by molar-refractivity contribution is 0.0943. The van der Waals surface area contributed by atoms with Gasteiger partial charge in [-0.15, -0.1) is 24.8 Å². The first-order chi connectivity index (χ1) is 15.7. The number of H-pyrrole nitrogens is 1. The Hall–Kier alpha value is -2.87. The molecule has 184 valence electrons. The zero-order valence-corrected chi connectivity index (χ0v) is 20.9. The second-order valence-electron chi connectivity index (χ2n) is 7.78. The van der Waals surface area contributed by atoms with Gasteiger partial charge in [-0.1, -0.05) is 24.3 Å². The summed E-state index contributed by atoms with van der Waals surface area (Å²) in [6.07, 6.45) is 1.76. The number of benzene rings is 2.